The van der Waals surface area contributed by atoms with Gasteiger partial charge in [-0.05, 0) is 6.92 Å². The van der Waals surface area contributed by atoms with Crippen LogP contribution in [0.4, 0.5) is 0 Å². The third-order valence-corrected chi connectivity index (χ3v) is 1.72. The van der Waals surface area contributed by atoms with Gasteiger partial charge in [-0.25, -0.2) is 0 Å². The molecule has 0 heterocycles. The number of hydrogen-bond acceptors (Lipinski definition) is 2. The fourth-order valence-electron chi connectivity index (χ4n) is 0.185. The van der Waals surface area contributed by atoms with E-state index in [0.29, 0.717) is 0 Å². The van der Waals surface area contributed by atoms with E-state index in [9.17, 15) is 0 Å². The minimum absolute atomic E-state index is 0.848. The predicted octanol–water partition coefficient (Wildman–Crippen LogP) is 1.30. The van der Waals surface area contributed by atoms with Crippen molar-refractivity contribution in [1.82, 2.24) is 3.22 Å². The van der Waals surface area contributed by atoms with Gasteiger partial charge >= 0.3 is 0 Å². The molecule has 0 unspecified atom stereocenters. The molecule has 0 N–H and O–H groups in total. The van der Waals surface area contributed by atoms with Crippen LogP contribution in [0, 0.1) is 0 Å². The van der Waals surface area contributed by atoms with Crippen molar-refractivity contribution in [1.29, 1.82) is 0 Å². The second-order valence-corrected chi connectivity index (χ2v) is 2.09. The first-order chi connectivity index (χ1) is 3.72. The molecule has 0 aliphatic heterocycles. The average Bonchev–Trinajstić information content (AvgIpc) is 1.84. The lowest BCUT2D eigenvalue weighted by molar-refractivity contribution is 0.792. The summed E-state index contributed by atoms with van der Waals surface area (Å²) in [6.07, 6.45) is 0. The molecule has 0 radical (unpaired) electrons. The second-order valence-electron chi connectivity index (χ2n) is 1.17. The van der Waals surface area contributed by atoms with E-state index in [1.54, 1.807) is 10.3 Å². The van der Waals surface area contributed by atoms with Gasteiger partial charge in [0.15, 0.2) is 0 Å². The summed E-state index contributed by atoms with van der Waals surface area (Å²) in [7, 11) is 1.71. The van der Waals surface area contributed by atoms with Crippen molar-refractivity contribution in [2.75, 3.05) is 7.05 Å². The van der Waals surface area contributed by atoms with E-state index in [1.165, 1.54) is 0 Å². The van der Waals surface area contributed by atoms with Crippen molar-refractivity contribution >= 4 is 35.4 Å². The zero-order valence-corrected chi connectivity index (χ0v) is 7.08. The smallest absolute Gasteiger partial charge is 0.127 e. The van der Waals surface area contributed by atoms with E-state index in [4.69, 9.17) is 0 Å². The topological polar surface area (TPSA) is 28.0 Å². The highest BCUT2D eigenvalue weighted by Gasteiger charge is 1.93. The predicted molar refractivity (Wildman–Crippen MR) is 44.4 cm³/mol. The first-order valence-corrected chi connectivity index (χ1v) is 3.04. The Morgan fingerprint density at radius 1 is 1.75 bits per heavy atom. The summed E-state index contributed by atoms with van der Waals surface area (Å²) in [6.45, 7) is 5.18. The van der Waals surface area contributed by atoms with Crippen molar-refractivity contribution in [2.45, 2.75) is 6.92 Å². The summed E-state index contributed by atoms with van der Waals surface area (Å²) in [5, 5.41) is 3.60. The van der Waals surface area contributed by atoms with Crippen LogP contribution in [-0.4, -0.2) is 22.8 Å². The van der Waals surface area contributed by atoms with Crippen molar-refractivity contribution in [3.63, 3.8) is 0 Å². The number of nitrogens with zero attached hydrogens (tertiary/aromatic N) is 3. The molecule has 0 spiro atoms. The van der Waals surface area contributed by atoms with Crippen LogP contribution in [-0.2, 0) is 0 Å². The van der Waals surface area contributed by atoms with E-state index in [1.807, 2.05) is 29.8 Å². The maximum atomic E-state index is 3.86. The molecular formula is C4H8IN3. The van der Waals surface area contributed by atoms with Crippen LogP contribution in [0.25, 0.3) is 0 Å². The van der Waals surface area contributed by atoms with E-state index in [2.05, 4.69) is 16.8 Å². The highest BCUT2D eigenvalue weighted by atomic mass is 127. The lowest BCUT2D eigenvalue weighted by Crippen LogP contribution is -2.09. The molecule has 0 atom stereocenters. The summed E-state index contributed by atoms with van der Waals surface area (Å²) in [5.74, 6) is 0.848. The van der Waals surface area contributed by atoms with Crippen molar-refractivity contribution in [3.05, 3.63) is 0 Å². The Morgan fingerprint density at radius 2 is 2.25 bits per heavy atom. The molecule has 0 aromatic heterocycles. The number of aliphatic imine (C=N–C) groups is 1. The van der Waals surface area contributed by atoms with Gasteiger partial charge in [-0.2, -0.15) is 8.32 Å². The Bertz CT molecular complexity index is 110. The van der Waals surface area contributed by atoms with Crippen LogP contribution in [0.5, 0.6) is 0 Å². The molecule has 0 aromatic rings. The Morgan fingerprint density at radius 3 is 2.38 bits per heavy atom. The van der Waals surface area contributed by atoms with Crippen molar-refractivity contribution < 1.29 is 0 Å². The van der Waals surface area contributed by atoms with Crippen LogP contribution < -0.4 is 0 Å². The molecule has 0 aliphatic carbocycles. The first kappa shape index (κ1) is 7.87. The number of halogens is 1. The van der Waals surface area contributed by atoms with Gasteiger partial charge < -0.3 is 0 Å². The maximum absolute atomic E-state index is 3.86. The molecule has 0 fully saturated rings. The molecule has 0 amide bonds. The monoisotopic (exact) mass is 225 g/mol. The van der Waals surface area contributed by atoms with Crippen molar-refractivity contribution in [3.8, 4) is 0 Å². The summed E-state index contributed by atoms with van der Waals surface area (Å²) < 4.78 is 1.58. The van der Waals surface area contributed by atoms with Gasteiger partial charge in [0.2, 0.25) is 0 Å². The van der Waals surface area contributed by atoms with E-state index >= 15 is 0 Å². The van der Waals surface area contributed by atoms with Crippen LogP contribution >= 0.6 is 22.9 Å². The minimum Gasteiger partial charge on any atom is -0.274 e. The largest absolute Gasteiger partial charge is 0.274 e. The van der Waals surface area contributed by atoms with Gasteiger partial charge in [0.25, 0.3) is 0 Å². The summed E-state index contributed by atoms with van der Waals surface area (Å²) in [5.41, 5.74) is 0. The van der Waals surface area contributed by atoms with Gasteiger partial charge in [-0.1, -0.05) is 0 Å². The quantitative estimate of drug-likeness (QED) is 0.217. The highest BCUT2D eigenvalue weighted by Crippen LogP contribution is 1.98. The lowest BCUT2D eigenvalue weighted by atomic mass is 10.7. The standard InChI is InChI=1S/C4H8IN3/c1-4(6-2)8(5)7-3/h3H2,1-2H3. The van der Waals surface area contributed by atoms with Crippen LogP contribution in [0.1, 0.15) is 6.92 Å². The number of hydrazone groups is 1. The maximum Gasteiger partial charge on any atom is 0.127 e. The summed E-state index contributed by atoms with van der Waals surface area (Å²) in [4.78, 5) is 3.86. The number of hydrogen-bond donors (Lipinski definition) is 0. The number of amidine groups is 1. The van der Waals surface area contributed by atoms with Crippen LogP contribution in [0.2, 0.25) is 0 Å². The summed E-state index contributed by atoms with van der Waals surface area (Å²) >= 11 is 2.00. The van der Waals surface area contributed by atoms with Gasteiger partial charge in [0.1, 0.15) is 5.84 Å². The normalized spacial score (nSPS) is 11.1. The third kappa shape index (κ3) is 2.25. The van der Waals surface area contributed by atoms with Gasteiger partial charge in [-0.3, -0.25) is 4.99 Å². The summed E-state index contributed by atoms with van der Waals surface area (Å²) in [6, 6.07) is 0. The molecule has 0 saturated carbocycles. The molecule has 3 nitrogen and oxygen atoms in total. The van der Waals surface area contributed by atoms with Crippen LogP contribution in [0.3, 0.4) is 0 Å². The van der Waals surface area contributed by atoms with Crippen molar-refractivity contribution in [2.24, 2.45) is 10.1 Å². The Labute approximate surface area is 63.0 Å². The Kier molecular flexibility index (Phi) is 3.76. The molecular weight excluding hydrogens is 217 g/mol. The zero-order valence-electron chi connectivity index (χ0n) is 4.93. The molecule has 46 valence electrons. The van der Waals surface area contributed by atoms with Gasteiger partial charge in [0.05, 0.1) is 22.9 Å². The number of rotatable bonds is 1. The van der Waals surface area contributed by atoms with Gasteiger partial charge in [-0.15, -0.1) is 0 Å². The lowest BCUT2D eigenvalue weighted by Gasteiger charge is -2.05. The van der Waals surface area contributed by atoms with E-state index < -0.39 is 0 Å². The SMILES string of the molecule is C=NN(I)C(C)=NC. The average molecular weight is 225 g/mol. The molecule has 0 rings (SSSR count). The van der Waals surface area contributed by atoms with E-state index in [-0.39, 0.29) is 0 Å². The molecule has 0 aromatic carbocycles. The molecule has 8 heavy (non-hydrogen) atoms. The first-order valence-electron chi connectivity index (χ1n) is 2.08. The van der Waals surface area contributed by atoms with Gasteiger partial charge in [0, 0.05) is 13.8 Å². The molecule has 0 aliphatic rings. The van der Waals surface area contributed by atoms with E-state index in [0.717, 1.165) is 5.84 Å². The Hall–Kier alpha value is -0.130. The fourth-order valence-corrected chi connectivity index (χ4v) is 0.401. The Balaban J connectivity index is 3.81. The minimum atomic E-state index is 0.848. The second kappa shape index (κ2) is 3.82. The molecule has 4 heteroatoms. The fraction of sp³-hybridized carbons (Fsp3) is 0.500. The zero-order chi connectivity index (χ0) is 6.57. The van der Waals surface area contributed by atoms with Crippen LogP contribution in [0.15, 0.2) is 10.1 Å². The highest BCUT2D eigenvalue weighted by molar-refractivity contribution is 14.1. The molecule has 0 bridgehead atoms. The third-order valence-electron chi connectivity index (χ3n) is 0.715. The molecule has 0 saturated heterocycles.